The van der Waals surface area contributed by atoms with Crippen molar-refractivity contribution in [3.63, 3.8) is 0 Å². The third-order valence-corrected chi connectivity index (χ3v) is 4.40. The minimum absolute atomic E-state index is 0.0181. The molecule has 0 radical (unpaired) electrons. The zero-order valence-corrected chi connectivity index (χ0v) is 13.9. The highest BCUT2D eigenvalue weighted by atomic mass is 32.2. The molecule has 2 aromatic carbocycles. The van der Waals surface area contributed by atoms with Crippen LogP contribution in [-0.4, -0.2) is 18.8 Å². The Morgan fingerprint density at radius 1 is 1.14 bits per heavy atom. The number of carbonyl (C=O) groups excluding carboxylic acids is 1. The van der Waals surface area contributed by atoms with Crippen molar-refractivity contribution < 1.29 is 9.53 Å². The highest BCUT2D eigenvalue weighted by Crippen LogP contribution is 2.21. The average Bonchev–Trinajstić information content (AvgIpc) is 2.54. The van der Waals surface area contributed by atoms with E-state index in [-0.39, 0.29) is 11.9 Å². The Bertz CT molecular complexity index is 608. The van der Waals surface area contributed by atoms with Crippen LogP contribution in [0.25, 0.3) is 0 Å². The van der Waals surface area contributed by atoms with E-state index in [1.165, 1.54) is 17.3 Å². The van der Waals surface area contributed by atoms with Gasteiger partial charge in [0.1, 0.15) is 5.75 Å². The largest absolute Gasteiger partial charge is 0.497 e. The lowest BCUT2D eigenvalue weighted by Crippen LogP contribution is -2.28. The first-order chi connectivity index (χ1) is 10.6. The van der Waals surface area contributed by atoms with Crippen molar-refractivity contribution in [2.24, 2.45) is 0 Å². The number of thioether (sulfide) groups is 1. The summed E-state index contributed by atoms with van der Waals surface area (Å²) in [5.74, 6) is 1.26. The Labute approximate surface area is 136 Å². The highest BCUT2D eigenvalue weighted by Gasteiger charge is 2.09. The van der Waals surface area contributed by atoms with Crippen LogP contribution in [0, 0.1) is 6.92 Å². The van der Waals surface area contributed by atoms with Gasteiger partial charge in [0.05, 0.1) is 18.9 Å². The quantitative estimate of drug-likeness (QED) is 0.820. The van der Waals surface area contributed by atoms with Gasteiger partial charge in [-0.15, -0.1) is 11.8 Å². The molecule has 2 aromatic rings. The smallest absolute Gasteiger partial charge is 0.230 e. The predicted octanol–water partition coefficient (Wildman–Crippen LogP) is 3.97. The monoisotopic (exact) mass is 315 g/mol. The van der Waals surface area contributed by atoms with E-state index < -0.39 is 0 Å². The van der Waals surface area contributed by atoms with Crippen LogP contribution in [0.4, 0.5) is 0 Å². The van der Waals surface area contributed by atoms with E-state index in [9.17, 15) is 4.79 Å². The fourth-order valence-electron chi connectivity index (χ4n) is 2.04. The van der Waals surface area contributed by atoms with Crippen LogP contribution < -0.4 is 10.1 Å². The summed E-state index contributed by atoms with van der Waals surface area (Å²) in [5, 5.41) is 3.02. The molecule has 0 aliphatic heterocycles. The predicted molar refractivity (Wildman–Crippen MR) is 91.5 cm³/mol. The molecule has 116 valence electrons. The normalized spacial score (nSPS) is 11.8. The molecule has 0 heterocycles. The van der Waals surface area contributed by atoms with Crippen molar-refractivity contribution in [2.75, 3.05) is 12.9 Å². The summed E-state index contributed by atoms with van der Waals surface area (Å²) in [5.41, 5.74) is 2.34. The molecule has 2 rings (SSSR count). The Hall–Kier alpha value is -1.94. The molecular weight excluding hydrogens is 294 g/mol. The number of hydrogen-bond acceptors (Lipinski definition) is 3. The summed E-state index contributed by atoms with van der Waals surface area (Å²) in [6, 6.07) is 16.0. The number of nitrogens with one attached hydrogen (secondary N) is 1. The number of methoxy groups -OCH3 is 1. The standard InChI is InChI=1S/C18H21NO2S/c1-13-4-6-15(7-5-13)14(2)19-18(20)12-22-17-10-8-16(21-3)9-11-17/h4-11,14H,12H2,1-3H3,(H,19,20)/t14-/m1/s1. The van der Waals surface area contributed by atoms with E-state index in [0.29, 0.717) is 5.75 Å². The fourth-order valence-corrected chi connectivity index (χ4v) is 2.75. The van der Waals surface area contributed by atoms with Gasteiger partial charge in [0.15, 0.2) is 0 Å². The van der Waals surface area contributed by atoms with Crippen LogP contribution in [0.5, 0.6) is 5.75 Å². The molecule has 0 fully saturated rings. The second-order valence-electron chi connectivity index (χ2n) is 5.16. The second kappa shape index (κ2) is 7.90. The fraction of sp³-hybridized carbons (Fsp3) is 0.278. The molecule has 0 saturated heterocycles. The van der Waals surface area contributed by atoms with Gasteiger partial charge in [0, 0.05) is 4.90 Å². The van der Waals surface area contributed by atoms with E-state index in [1.807, 2.05) is 31.2 Å². The van der Waals surface area contributed by atoms with E-state index in [0.717, 1.165) is 16.2 Å². The third-order valence-electron chi connectivity index (χ3n) is 3.38. The lowest BCUT2D eigenvalue weighted by molar-refractivity contribution is -0.119. The molecule has 0 aromatic heterocycles. The van der Waals surface area contributed by atoms with Gasteiger partial charge in [-0.3, -0.25) is 4.79 Å². The first kappa shape index (κ1) is 16.4. The molecule has 3 nitrogen and oxygen atoms in total. The Morgan fingerprint density at radius 2 is 1.77 bits per heavy atom. The topological polar surface area (TPSA) is 38.3 Å². The van der Waals surface area contributed by atoms with Gasteiger partial charge in [-0.25, -0.2) is 0 Å². The zero-order valence-electron chi connectivity index (χ0n) is 13.1. The Kier molecular flexibility index (Phi) is 5.90. The summed E-state index contributed by atoms with van der Waals surface area (Å²) < 4.78 is 5.12. The molecule has 4 heteroatoms. The molecule has 1 N–H and O–H groups in total. The maximum absolute atomic E-state index is 12.0. The van der Waals surface area contributed by atoms with E-state index >= 15 is 0 Å². The molecule has 1 atom stereocenters. The first-order valence-corrected chi connectivity index (χ1v) is 8.20. The van der Waals surface area contributed by atoms with Crippen LogP contribution in [-0.2, 0) is 4.79 Å². The SMILES string of the molecule is COc1ccc(SCC(=O)N[C@H](C)c2ccc(C)cc2)cc1. The minimum Gasteiger partial charge on any atom is -0.497 e. The van der Waals surface area contributed by atoms with Crippen LogP contribution in [0.15, 0.2) is 53.4 Å². The molecule has 0 bridgehead atoms. The van der Waals surface area contributed by atoms with Crippen molar-refractivity contribution in [2.45, 2.75) is 24.8 Å². The third kappa shape index (κ3) is 4.81. The van der Waals surface area contributed by atoms with Crippen molar-refractivity contribution in [1.29, 1.82) is 0 Å². The minimum atomic E-state index is 0.0181. The summed E-state index contributed by atoms with van der Waals surface area (Å²) >= 11 is 1.52. The average molecular weight is 315 g/mol. The number of carbonyl (C=O) groups is 1. The number of benzene rings is 2. The first-order valence-electron chi connectivity index (χ1n) is 7.21. The van der Waals surface area contributed by atoms with Crippen molar-refractivity contribution >= 4 is 17.7 Å². The van der Waals surface area contributed by atoms with E-state index in [2.05, 4.69) is 36.5 Å². The Morgan fingerprint density at radius 3 is 2.36 bits per heavy atom. The lowest BCUT2D eigenvalue weighted by atomic mass is 10.1. The summed E-state index contributed by atoms with van der Waals surface area (Å²) in [4.78, 5) is 13.1. The summed E-state index contributed by atoms with van der Waals surface area (Å²) in [6.45, 7) is 4.05. The lowest BCUT2D eigenvalue weighted by Gasteiger charge is -2.14. The van der Waals surface area contributed by atoms with Gasteiger partial charge in [0.2, 0.25) is 5.91 Å². The molecule has 0 unspecified atom stereocenters. The summed E-state index contributed by atoms with van der Waals surface area (Å²) in [7, 11) is 1.64. The second-order valence-corrected chi connectivity index (χ2v) is 6.21. The molecule has 0 aliphatic carbocycles. The molecule has 0 spiro atoms. The van der Waals surface area contributed by atoms with Crippen LogP contribution in [0.1, 0.15) is 24.1 Å². The van der Waals surface area contributed by atoms with E-state index in [1.54, 1.807) is 7.11 Å². The Balaban J connectivity index is 1.83. The molecule has 22 heavy (non-hydrogen) atoms. The van der Waals surface area contributed by atoms with Crippen LogP contribution in [0.3, 0.4) is 0 Å². The van der Waals surface area contributed by atoms with Gasteiger partial charge in [0.25, 0.3) is 0 Å². The van der Waals surface area contributed by atoms with Crippen molar-refractivity contribution in [1.82, 2.24) is 5.32 Å². The molecule has 0 saturated carbocycles. The molecule has 1 amide bonds. The van der Waals surface area contributed by atoms with Gasteiger partial charge in [-0.2, -0.15) is 0 Å². The van der Waals surface area contributed by atoms with Crippen LogP contribution >= 0.6 is 11.8 Å². The molecule has 0 aliphatic rings. The van der Waals surface area contributed by atoms with Gasteiger partial charge in [-0.1, -0.05) is 29.8 Å². The van der Waals surface area contributed by atoms with Gasteiger partial charge < -0.3 is 10.1 Å². The maximum atomic E-state index is 12.0. The van der Waals surface area contributed by atoms with E-state index in [4.69, 9.17) is 4.74 Å². The number of hydrogen-bond donors (Lipinski definition) is 1. The van der Waals surface area contributed by atoms with Crippen molar-refractivity contribution in [3.8, 4) is 5.75 Å². The number of amides is 1. The molecular formula is C18H21NO2S. The van der Waals surface area contributed by atoms with Gasteiger partial charge >= 0.3 is 0 Å². The number of rotatable bonds is 6. The zero-order chi connectivity index (χ0) is 15.9. The number of aryl methyl sites for hydroxylation is 1. The maximum Gasteiger partial charge on any atom is 0.230 e. The van der Waals surface area contributed by atoms with Gasteiger partial charge in [-0.05, 0) is 43.7 Å². The highest BCUT2D eigenvalue weighted by molar-refractivity contribution is 8.00. The van der Waals surface area contributed by atoms with Crippen molar-refractivity contribution in [3.05, 3.63) is 59.7 Å². The summed E-state index contributed by atoms with van der Waals surface area (Å²) in [6.07, 6.45) is 0. The van der Waals surface area contributed by atoms with Crippen LogP contribution in [0.2, 0.25) is 0 Å². The number of ether oxygens (including phenoxy) is 1.